The molecule has 0 heterocycles. The first-order chi connectivity index (χ1) is 8.65. The fourth-order valence-electron chi connectivity index (χ4n) is 1.93. The third-order valence-electron chi connectivity index (χ3n) is 2.80. The fourth-order valence-corrected chi connectivity index (χ4v) is 2.11. The maximum atomic E-state index is 14.0. The molecule has 0 saturated carbocycles. The lowest BCUT2D eigenvalue weighted by molar-refractivity contribution is 0.547. The van der Waals surface area contributed by atoms with Crippen molar-refractivity contribution in [3.05, 3.63) is 70.2 Å². The van der Waals surface area contributed by atoms with E-state index in [0.717, 1.165) is 0 Å². The van der Waals surface area contributed by atoms with Crippen LogP contribution in [0.25, 0.3) is 0 Å². The molecule has 94 valence electrons. The number of halogens is 3. The Bertz CT molecular complexity index is 557. The van der Waals surface area contributed by atoms with E-state index < -0.39 is 11.9 Å². The molecule has 0 radical (unpaired) electrons. The quantitative estimate of drug-likeness (QED) is 0.889. The molecule has 0 bridgehead atoms. The number of benzene rings is 2. The maximum Gasteiger partial charge on any atom is 0.146 e. The Labute approximate surface area is 109 Å². The zero-order valence-corrected chi connectivity index (χ0v) is 10.5. The topological polar surface area (TPSA) is 12.0 Å². The van der Waals surface area contributed by atoms with Crippen LogP contribution in [0, 0.1) is 11.6 Å². The molecule has 0 amide bonds. The summed E-state index contributed by atoms with van der Waals surface area (Å²) in [6, 6.07) is 10.4. The van der Waals surface area contributed by atoms with E-state index in [1.807, 2.05) is 0 Å². The Balaban J connectivity index is 2.53. The second-order valence-electron chi connectivity index (χ2n) is 3.89. The molecule has 0 aromatic heterocycles. The van der Waals surface area contributed by atoms with Gasteiger partial charge in [-0.3, -0.25) is 0 Å². The Kier molecular flexibility index (Phi) is 3.94. The van der Waals surface area contributed by atoms with Crippen LogP contribution in [-0.4, -0.2) is 7.05 Å². The maximum absolute atomic E-state index is 14.0. The molecule has 0 aliphatic carbocycles. The summed E-state index contributed by atoms with van der Waals surface area (Å²) in [6.45, 7) is 0. The van der Waals surface area contributed by atoms with Crippen molar-refractivity contribution in [1.82, 2.24) is 5.32 Å². The number of hydrogen-bond acceptors (Lipinski definition) is 1. The molecule has 1 N–H and O–H groups in total. The molecular formula is C14H12ClF2N. The highest BCUT2D eigenvalue weighted by molar-refractivity contribution is 6.30. The van der Waals surface area contributed by atoms with Gasteiger partial charge >= 0.3 is 0 Å². The highest BCUT2D eigenvalue weighted by Gasteiger charge is 2.20. The van der Waals surface area contributed by atoms with Crippen LogP contribution in [-0.2, 0) is 0 Å². The van der Waals surface area contributed by atoms with Crippen molar-refractivity contribution in [3.8, 4) is 0 Å². The van der Waals surface area contributed by atoms with Crippen LogP contribution in [0.1, 0.15) is 17.2 Å². The van der Waals surface area contributed by atoms with Gasteiger partial charge in [-0.05, 0) is 19.2 Å². The van der Waals surface area contributed by atoms with Gasteiger partial charge in [-0.15, -0.1) is 0 Å². The largest absolute Gasteiger partial charge is 0.309 e. The van der Waals surface area contributed by atoms with Gasteiger partial charge in [-0.25, -0.2) is 8.78 Å². The number of rotatable bonds is 3. The molecule has 1 atom stereocenters. The highest BCUT2D eigenvalue weighted by Crippen LogP contribution is 2.29. The SMILES string of the molecule is CNC(c1ccccc1F)c1cccc(Cl)c1F. The molecule has 2 aromatic rings. The summed E-state index contributed by atoms with van der Waals surface area (Å²) in [7, 11) is 1.65. The second-order valence-corrected chi connectivity index (χ2v) is 4.29. The summed E-state index contributed by atoms with van der Waals surface area (Å²) in [5.74, 6) is -0.905. The van der Waals surface area contributed by atoms with Gasteiger partial charge in [0.1, 0.15) is 11.6 Å². The molecule has 2 rings (SSSR count). The van der Waals surface area contributed by atoms with Gasteiger partial charge in [0.15, 0.2) is 0 Å². The van der Waals surface area contributed by atoms with Crippen molar-refractivity contribution in [3.63, 3.8) is 0 Å². The standard InChI is InChI=1S/C14H12ClF2N/c1-18-14(9-5-2-3-8-12(9)16)10-6-4-7-11(15)13(10)17/h2-8,14,18H,1H3. The Morgan fingerprint density at radius 3 is 2.33 bits per heavy atom. The first kappa shape index (κ1) is 13.0. The van der Waals surface area contributed by atoms with Crippen LogP contribution in [0.15, 0.2) is 42.5 Å². The zero-order chi connectivity index (χ0) is 13.1. The summed E-state index contributed by atoms with van der Waals surface area (Å²) in [5.41, 5.74) is 0.719. The molecule has 1 unspecified atom stereocenters. The lowest BCUT2D eigenvalue weighted by Gasteiger charge is -2.18. The Morgan fingerprint density at radius 2 is 1.67 bits per heavy atom. The van der Waals surface area contributed by atoms with Crippen LogP contribution in [0.2, 0.25) is 5.02 Å². The van der Waals surface area contributed by atoms with Gasteiger partial charge in [0, 0.05) is 11.1 Å². The Hall–Kier alpha value is -1.45. The van der Waals surface area contributed by atoms with Crippen LogP contribution in [0.3, 0.4) is 0 Å². The van der Waals surface area contributed by atoms with Crippen LogP contribution in [0.5, 0.6) is 0 Å². The first-order valence-electron chi connectivity index (χ1n) is 5.50. The third-order valence-corrected chi connectivity index (χ3v) is 3.09. The molecule has 0 fully saturated rings. The molecule has 0 saturated heterocycles. The van der Waals surface area contributed by atoms with Crippen LogP contribution >= 0.6 is 11.6 Å². The summed E-state index contributed by atoms with van der Waals surface area (Å²) >= 11 is 5.75. The average molecular weight is 268 g/mol. The highest BCUT2D eigenvalue weighted by atomic mass is 35.5. The van der Waals surface area contributed by atoms with Crippen molar-refractivity contribution in [2.45, 2.75) is 6.04 Å². The summed E-state index contributed by atoms with van der Waals surface area (Å²) in [5, 5.41) is 2.94. The predicted molar refractivity (Wildman–Crippen MR) is 68.7 cm³/mol. The van der Waals surface area contributed by atoms with Crippen molar-refractivity contribution in [2.75, 3.05) is 7.05 Å². The normalized spacial score (nSPS) is 12.4. The lowest BCUT2D eigenvalue weighted by Crippen LogP contribution is -2.20. The minimum Gasteiger partial charge on any atom is -0.309 e. The summed E-state index contributed by atoms with van der Waals surface area (Å²) in [6.07, 6.45) is 0. The van der Waals surface area contributed by atoms with Gasteiger partial charge in [-0.1, -0.05) is 41.9 Å². The summed E-state index contributed by atoms with van der Waals surface area (Å²) in [4.78, 5) is 0. The number of hydrogen-bond donors (Lipinski definition) is 1. The molecule has 18 heavy (non-hydrogen) atoms. The monoisotopic (exact) mass is 267 g/mol. The van der Waals surface area contributed by atoms with E-state index in [1.165, 1.54) is 12.1 Å². The van der Waals surface area contributed by atoms with Gasteiger partial charge in [0.2, 0.25) is 0 Å². The molecule has 1 nitrogen and oxygen atoms in total. The molecule has 0 spiro atoms. The van der Waals surface area contributed by atoms with E-state index in [-0.39, 0.29) is 10.8 Å². The smallest absolute Gasteiger partial charge is 0.146 e. The molecule has 0 aliphatic rings. The van der Waals surface area contributed by atoms with Crippen molar-refractivity contribution in [2.24, 2.45) is 0 Å². The van der Waals surface area contributed by atoms with Gasteiger partial charge < -0.3 is 5.32 Å². The molecule has 2 aromatic carbocycles. The predicted octanol–water partition coefficient (Wildman–Crippen LogP) is 3.93. The van der Waals surface area contributed by atoms with Crippen molar-refractivity contribution >= 4 is 11.6 Å². The van der Waals surface area contributed by atoms with Crippen LogP contribution < -0.4 is 5.32 Å². The first-order valence-corrected chi connectivity index (χ1v) is 5.88. The molecule has 0 aliphatic heterocycles. The van der Waals surface area contributed by atoms with Crippen molar-refractivity contribution in [1.29, 1.82) is 0 Å². The minimum atomic E-state index is -0.565. The molecular weight excluding hydrogens is 256 g/mol. The fraction of sp³-hybridized carbons (Fsp3) is 0.143. The zero-order valence-electron chi connectivity index (χ0n) is 9.75. The van der Waals surface area contributed by atoms with E-state index in [4.69, 9.17) is 11.6 Å². The second kappa shape index (κ2) is 5.46. The lowest BCUT2D eigenvalue weighted by atomic mass is 9.98. The van der Waals surface area contributed by atoms with E-state index in [9.17, 15) is 8.78 Å². The van der Waals surface area contributed by atoms with Crippen molar-refractivity contribution < 1.29 is 8.78 Å². The van der Waals surface area contributed by atoms with E-state index in [2.05, 4.69) is 5.32 Å². The summed E-state index contributed by atoms with van der Waals surface area (Å²) < 4.78 is 27.7. The van der Waals surface area contributed by atoms with Gasteiger partial charge in [-0.2, -0.15) is 0 Å². The average Bonchev–Trinajstić information content (AvgIpc) is 2.37. The third kappa shape index (κ3) is 2.37. The van der Waals surface area contributed by atoms with Gasteiger partial charge in [0.05, 0.1) is 11.1 Å². The van der Waals surface area contributed by atoms with E-state index >= 15 is 0 Å². The van der Waals surface area contributed by atoms with Gasteiger partial charge in [0.25, 0.3) is 0 Å². The molecule has 4 heteroatoms. The Morgan fingerprint density at radius 1 is 1.00 bits per heavy atom. The number of nitrogens with one attached hydrogen (secondary N) is 1. The van der Waals surface area contributed by atoms with E-state index in [0.29, 0.717) is 11.1 Å². The van der Waals surface area contributed by atoms with Crippen LogP contribution in [0.4, 0.5) is 8.78 Å². The minimum absolute atomic E-state index is 0.0316. The van der Waals surface area contributed by atoms with E-state index in [1.54, 1.807) is 37.4 Å².